The summed E-state index contributed by atoms with van der Waals surface area (Å²) in [5.74, 6) is -0.113. The van der Waals surface area contributed by atoms with E-state index in [4.69, 9.17) is 11.6 Å². The fourth-order valence-corrected chi connectivity index (χ4v) is 4.13. The van der Waals surface area contributed by atoms with Gasteiger partial charge in [0.2, 0.25) is 0 Å². The van der Waals surface area contributed by atoms with Gasteiger partial charge in [-0.15, -0.1) is 0 Å². The molecule has 1 amide bonds. The maximum Gasteiger partial charge on any atom is 0.301 e. The number of amides is 1. The first kappa shape index (κ1) is 22.0. The number of carbonyl (C=O) groups is 1. The zero-order chi connectivity index (χ0) is 21.9. The Morgan fingerprint density at radius 3 is 2.87 bits per heavy atom. The van der Waals surface area contributed by atoms with E-state index in [1.165, 1.54) is 6.08 Å². The molecule has 0 atom stereocenters. The predicted octanol–water partition coefficient (Wildman–Crippen LogP) is 2.48. The third-order valence-corrected chi connectivity index (χ3v) is 5.79. The molecule has 3 rings (SSSR count). The Bertz CT molecular complexity index is 1210. The van der Waals surface area contributed by atoms with Gasteiger partial charge >= 0.3 is 10.2 Å². The molecule has 3 heterocycles. The Hall–Kier alpha value is -2.69. The molecule has 0 radical (unpaired) electrons. The Morgan fingerprint density at radius 1 is 1.37 bits per heavy atom. The number of pyridine rings is 1. The molecule has 3 aromatic rings. The summed E-state index contributed by atoms with van der Waals surface area (Å²) in [4.78, 5) is 16.6. The largest absolute Gasteiger partial charge is 0.301 e. The molecule has 160 valence electrons. The van der Waals surface area contributed by atoms with E-state index in [0.717, 1.165) is 17.9 Å². The smallest absolute Gasteiger partial charge is 0.284 e. The van der Waals surface area contributed by atoms with Gasteiger partial charge in [-0.25, -0.2) is 9.71 Å². The van der Waals surface area contributed by atoms with Crippen LogP contribution in [0, 0.1) is 6.92 Å². The summed E-state index contributed by atoms with van der Waals surface area (Å²) in [6, 6.07) is 3.66. The topological polar surface area (TPSA) is 111 Å². The van der Waals surface area contributed by atoms with Crippen LogP contribution >= 0.6 is 11.6 Å². The lowest BCUT2D eigenvalue weighted by Gasteiger charge is -2.07. The van der Waals surface area contributed by atoms with Crippen LogP contribution < -0.4 is 9.44 Å². The van der Waals surface area contributed by atoms with Crippen LogP contribution in [0.1, 0.15) is 31.0 Å². The molecule has 0 aromatic carbocycles. The standard InChI is InChI=1S/C19H23ClN6O3S/c1-4-5-11-22-30(28,29)24-17(27)9-8-14-13(2)23-25(3)19(14)26-12-16(20)15-7-6-10-21-18(15)26/h6-10,12,22H,4-5,11H2,1-3H3,(H,24,27)/b9-8+. The molecular weight excluding hydrogens is 428 g/mol. The Labute approximate surface area is 179 Å². The summed E-state index contributed by atoms with van der Waals surface area (Å²) in [5.41, 5.74) is 1.95. The van der Waals surface area contributed by atoms with Crippen molar-refractivity contribution in [3.05, 3.63) is 46.9 Å². The quantitative estimate of drug-likeness (QED) is 0.404. The molecular formula is C19H23ClN6O3S. The summed E-state index contributed by atoms with van der Waals surface area (Å²) >= 11 is 6.35. The molecule has 9 nitrogen and oxygen atoms in total. The second kappa shape index (κ2) is 8.99. The van der Waals surface area contributed by atoms with Crippen LogP contribution in [-0.2, 0) is 22.1 Å². The summed E-state index contributed by atoms with van der Waals surface area (Å²) < 4.78 is 31.6. The Morgan fingerprint density at radius 2 is 2.13 bits per heavy atom. The Balaban J connectivity index is 1.90. The summed E-state index contributed by atoms with van der Waals surface area (Å²) in [6.45, 7) is 4.01. The lowest BCUT2D eigenvalue weighted by atomic mass is 10.2. The highest BCUT2D eigenvalue weighted by atomic mass is 35.5. The third-order valence-electron chi connectivity index (χ3n) is 4.44. The number of nitrogens with one attached hydrogen (secondary N) is 2. The summed E-state index contributed by atoms with van der Waals surface area (Å²) in [6.07, 6.45) is 7.61. The Kier molecular flexibility index (Phi) is 6.59. The maximum atomic E-state index is 12.2. The second-order valence-corrected chi connectivity index (χ2v) is 8.63. The zero-order valence-corrected chi connectivity index (χ0v) is 18.5. The average molecular weight is 451 g/mol. The molecule has 0 saturated carbocycles. The molecule has 0 aliphatic rings. The average Bonchev–Trinajstić information content (AvgIpc) is 3.15. The van der Waals surface area contributed by atoms with Crippen LogP contribution in [0.5, 0.6) is 0 Å². The van der Waals surface area contributed by atoms with Crippen LogP contribution in [-0.4, -0.2) is 40.2 Å². The molecule has 0 fully saturated rings. The van der Waals surface area contributed by atoms with Gasteiger partial charge in [-0.2, -0.15) is 18.2 Å². The highest BCUT2D eigenvalue weighted by Gasteiger charge is 2.18. The monoisotopic (exact) mass is 450 g/mol. The highest BCUT2D eigenvalue weighted by molar-refractivity contribution is 7.88. The molecule has 0 unspecified atom stereocenters. The lowest BCUT2D eigenvalue weighted by molar-refractivity contribution is -0.114. The summed E-state index contributed by atoms with van der Waals surface area (Å²) in [5, 5.41) is 5.74. The zero-order valence-electron chi connectivity index (χ0n) is 16.9. The van der Waals surface area contributed by atoms with Crippen LogP contribution in [0.25, 0.3) is 22.9 Å². The molecule has 0 spiro atoms. The van der Waals surface area contributed by atoms with Crippen LogP contribution in [0.4, 0.5) is 0 Å². The fourth-order valence-electron chi connectivity index (χ4n) is 3.07. The van der Waals surface area contributed by atoms with Crippen LogP contribution in [0.3, 0.4) is 0 Å². The van der Waals surface area contributed by atoms with Crippen molar-refractivity contribution >= 4 is 44.8 Å². The van der Waals surface area contributed by atoms with Gasteiger partial charge in [0.1, 0.15) is 11.5 Å². The van der Waals surface area contributed by atoms with E-state index >= 15 is 0 Å². The van der Waals surface area contributed by atoms with Gasteiger partial charge in [0.25, 0.3) is 5.91 Å². The number of halogens is 1. The first-order valence-electron chi connectivity index (χ1n) is 9.38. The highest BCUT2D eigenvalue weighted by Crippen LogP contribution is 2.29. The fraction of sp³-hybridized carbons (Fsp3) is 0.316. The molecule has 3 aromatic heterocycles. The number of aromatic nitrogens is 4. The van der Waals surface area contributed by atoms with Crippen molar-refractivity contribution in [1.29, 1.82) is 0 Å². The van der Waals surface area contributed by atoms with Crippen LogP contribution in [0.15, 0.2) is 30.6 Å². The lowest BCUT2D eigenvalue weighted by Crippen LogP contribution is -2.39. The minimum absolute atomic E-state index is 0.267. The molecule has 0 aliphatic carbocycles. The summed E-state index contributed by atoms with van der Waals surface area (Å²) in [7, 11) is -2.14. The molecule has 0 aliphatic heterocycles. The number of hydrogen-bond donors (Lipinski definition) is 2. The minimum atomic E-state index is -3.90. The van der Waals surface area contributed by atoms with E-state index in [1.54, 1.807) is 41.7 Å². The van der Waals surface area contributed by atoms with Gasteiger partial charge in [0.05, 0.1) is 10.7 Å². The maximum absolute atomic E-state index is 12.2. The van der Waals surface area contributed by atoms with E-state index in [2.05, 4.69) is 14.8 Å². The van der Waals surface area contributed by atoms with Crippen molar-refractivity contribution in [2.75, 3.05) is 6.54 Å². The van der Waals surface area contributed by atoms with Crippen molar-refractivity contribution in [3.63, 3.8) is 0 Å². The number of rotatable bonds is 8. The van der Waals surface area contributed by atoms with Crippen molar-refractivity contribution in [3.8, 4) is 5.82 Å². The number of aryl methyl sites for hydroxylation is 2. The molecule has 0 saturated heterocycles. The number of unbranched alkanes of at least 4 members (excludes halogenated alkanes) is 1. The molecule has 2 N–H and O–H groups in total. The molecule has 11 heteroatoms. The SMILES string of the molecule is CCCCNS(=O)(=O)NC(=O)/C=C/c1c(C)nn(C)c1-n1cc(Cl)c2cccnc21. The molecule has 30 heavy (non-hydrogen) atoms. The van der Waals surface area contributed by atoms with Gasteiger partial charge in [-0.05, 0) is 31.6 Å². The number of hydrogen-bond acceptors (Lipinski definition) is 5. The van der Waals surface area contributed by atoms with Crippen molar-refractivity contribution < 1.29 is 13.2 Å². The van der Waals surface area contributed by atoms with Gasteiger partial charge in [0, 0.05) is 43.0 Å². The van der Waals surface area contributed by atoms with E-state index in [0.29, 0.717) is 34.2 Å². The van der Waals surface area contributed by atoms with Crippen LogP contribution in [0.2, 0.25) is 5.02 Å². The van der Waals surface area contributed by atoms with E-state index in [1.807, 2.05) is 17.7 Å². The van der Waals surface area contributed by atoms with E-state index < -0.39 is 16.1 Å². The minimum Gasteiger partial charge on any atom is -0.284 e. The van der Waals surface area contributed by atoms with E-state index in [9.17, 15) is 13.2 Å². The number of carbonyl (C=O) groups excluding carboxylic acids is 1. The van der Waals surface area contributed by atoms with Gasteiger partial charge < -0.3 is 0 Å². The predicted molar refractivity (Wildman–Crippen MR) is 117 cm³/mol. The normalized spacial score (nSPS) is 12.1. The third kappa shape index (κ3) is 4.72. The first-order valence-corrected chi connectivity index (χ1v) is 11.2. The molecule has 0 bridgehead atoms. The number of fused-ring (bicyclic) bond motifs is 1. The first-order chi connectivity index (χ1) is 14.2. The van der Waals surface area contributed by atoms with Gasteiger partial charge in [-0.1, -0.05) is 24.9 Å². The van der Waals surface area contributed by atoms with Crippen molar-refractivity contribution in [2.24, 2.45) is 7.05 Å². The van der Waals surface area contributed by atoms with Crippen molar-refractivity contribution in [1.82, 2.24) is 28.8 Å². The van der Waals surface area contributed by atoms with Gasteiger partial charge in [-0.3, -0.25) is 14.0 Å². The van der Waals surface area contributed by atoms with Crippen molar-refractivity contribution in [2.45, 2.75) is 26.7 Å². The van der Waals surface area contributed by atoms with E-state index in [-0.39, 0.29) is 6.54 Å². The van der Waals surface area contributed by atoms with Gasteiger partial charge in [0.15, 0.2) is 0 Å². The second-order valence-electron chi connectivity index (χ2n) is 6.72. The number of nitrogens with zero attached hydrogens (tertiary/aromatic N) is 4.